The number of halogens is 1. The Morgan fingerprint density at radius 2 is 1.74 bits per heavy atom. The van der Waals surface area contributed by atoms with E-state index in [1.54, 1.807) is 33.7 Å². The number of piperazine rings is 1. The fraction of sp³-hybridized carbons (Fsp3) is 0.476. The fourth-order valence-corrected chi connectivity index (χ4v) is 3.36. The number of aromatic nitrogens is 2. The van der Waals surface area contributed by atoms with Crippen LogP contribution in [-0.2, 0) is 6.54 Å². The summed E-state index contributed by atoms with van der Waals surface area (Å²) in [5.74, 6) is 3.04. The van der Waals surface area contributed by atoms with Gasteiger partial charge in [0.05, 0.1) is 14.2 Å². The zero-order chi connectivity index (χ0) is 21.2. The first-order valence-electron chi connectivity index (χ1n) is 10.1. The first-order chi connectivity index (χ1) is 14.7. The zero-order valence-electron chi connectivity index (χ0n) is 18.4. The van der Waals surface area contributed by atoms with Gasteiger partial charge in [-0.3, -0.25) is 9.89 Å². The summed E-state index contributed by atoms with van der Waals surface area (Å²) in [5.41, 5.74) is 1.09. The number of rotatable bonds is 8. The molecule has 9 nitrogen and oxygen atoms in total. The van der Waals surface area contributed by atoms with Crippen molar-refractivity contribution >= 4 is 35.9 Å². The van der Waals surface area contributed by atoms with E-state index in [1.165, 1.54) is 0 Å². The molecule has 0 spiro atoms. The normalized spacial score (nSPS) is 14.5. The molecule has 2 N–H and O–H groups in total. The number of nitrogens with one attached hydrogen (secondary N) is 2. The molecule has 2 heterocycles. The van der Waals surface area contributed by atoms with Gasteiger partial charge in [0.2, 0.25) is 5.95 Å². The minimum atomic E-state index is 0. The molecule has 0 aliphatic carbocycles. The molecule has 0 saturated carbocycles. The van der Waals surface area contributed by atoms with Crippen LogP contribution in [0.1, 0.15) is 5.56 Å². The van der Waals surface area contributed by atoms with Crippen molar-refractivity contribution in [3.8, 4) is 11.5 Å². The molecular weight excluding hydrogens is 509 g/mol. The van der Waals surface area contributed by atoms with E-state index in [9.17, 15) is 0 Å². The minimum absolute atomic E-state index is 0. The second-order valence-corrected chi connectivity index (χ2v) is 6.92. The lowest BCUT2D eigenvalue weighted by Gasteiger charge is -2.34. The van der Waals surface area contributed by atoms with E-state index in [0.717, 1.165) is 68.2 Å². The summed E-state index contributed by atoms with van der Waals surface area (Å²) in [6.07, 6.45) is 3.58. The third-order valence-electron chi connectivity index (χ3n) is 5.06. The van der Waals surface area contributed by atoms with Gasteiger partial charge < -0.3 is 25.0 Å². The quantitative estimate of drug-likeness (QED) is 0.296. The number of aliphatic imine (C=N–C) groups is 1. The number of nitrogens with zero attached hydrogens (tertiary/aromatic N) is 5. The molecule has 1 aromatic carbocycles. The van der Waals surface area contributed by atoms with E-state index in [4.69, 9.17) is 9.47 Å². The predicted molar refractivity (Wildman–Crippen MR) is 134 cm³/mol. The average Bonchev–Trinajstić information content (AvgIpc) is 2.82. The molecule has 0 radical (unpaired) electrons. The van der Waals surface area contributed by atoms with E-state index < -0.39 is 0 Å². The van der Waals surface area contributed by atoms with Gasteiger partial charge in [-0.1, -0.05) is 6.07 Å². The van der Waals surface area contributed by atoms with Crippen molar-refractivity contribution < 1.29 is 9.47 Å². The molecule has 2 aromatic rings. The number of hydrogen-bond acceptors (Lipinski definition) is 7. The van der Waals surface area contributed by atoms with E-state index in [0.29, 0.717) is 6.54 Å². The molecule has 1 fully saturated rings. The standard InChI is InChI=1S/C21H31N7O2.HI/c1-22-20(26-16-17-5-6-18(29-2)19(15-17)30-3)23-9-10-27-11-13-28(14-12-27)21-24-7-4-8-25-21;/h4-8,15H,9-14,16H2,1-3H3,(H2,22,23,26);1H. The fourth-order valence-electron chi connectivity index (χ4n) is 3.36. The first-order valence-corrected chi connectivity index (χ1v) is 10.1. The van der Waals surface area contributed by atoms with Crippen molar-refractivity contribution in [2.45, 2.75) is 6.54 Å². The van der Waals surface area contributed by atoms with Gasteiger partial charge in [0.15, 0.2) is 17.5 Å². The summed E-state index contributed by atoms with van der Waals surface area (Å²) >= 11 is 0. The van der Waals surface area contributed by atoms with E-state index in [2.05, 4.69) is 35.4 Å². The number of anilines is 1. The Hall–Kier alpha value is -2.34. The first kappa shape index (κ1) is 24.9. The summed E-state index contributed by atoms with van der Waals surface area (Å²) in [5, 5.41) is 6.72. The lowest BCUT2D eigenvalue weighted by Crippen LogP contribution is -2.49. The molecule has 1 aliphatic rings. The summed E-state index contributed by atoms with van der Waals surface area (Å²) in [7, 11) is 5.06. The van der Waals surface area contributed by atoms with Crippen LogP contribution in [0, 0.1) is 0 Å². The Balaban J connectivity index is 0.00000341. The highest BCUT2D eigenvalue weighted by atomic mass is 127. The minimum Gasteiger partial charge on any atom is -0.493 e. The van der Waals surface area contributed by atoms with Crippen LogP contribution in [0.3, 0.4) is 0 Å². The number of methoxy groups -OCH3 is 2. The van der Waals surface area contributed by atoms with Crippen LogP contribution < -0.4 is 25.0 Å². The maximum absolute atomic E-state index is 5.36. The molecule has 1 saturated heterocycles. The highest BCUT2D eigenvalue weighted by molar-refractivity contribution is 14.0. The lowest BCUT2D eigenvalue weighted by atomic mass is 10.2. The third kappa shape index (κ3) is 7.39. The van der Waals surface area contributed by atoms with Gasteiger partial charge in [0.1, 0.15) is 0 Å². The monoisotopic (exact) mass is 541 g/mol. The molecule has 0 amide bonds. The van der Waals surface area contributed by atoms with E-state index in [-0.39, 0.29) is 24.0 Å². The van der Waals surface area contributed by atoms with Crippen LogP contribution in [0.15, 0.2) is 41.7 Å². The Morgan fingerprint density at radius 1 is 1.03 bits per heavy atom. The van der Waals surface area contributed by atoms with Crippen LogP contribution in [-0.4, -0.2) is 81.4 Å². The Morgan fingerprint density at radius 3 is 2.39 bits per heavy atom. The molecule has 170 valence electrons. The molecule has 31 heavy (non-hydrogen) atoms. The maximum atomic E-state index is 5.36. The molecule has 0 unspecified atom stereocenters. The smallest absolute Gasteiger partial charge is 0.225 e. The Labute approximate surface area is 201 Å². The molecule has 3 rings (SSSR count). The highest BCUT2D eigenvalue weighted by Crippen LogP contribution is 2.27. The zero-order valence-corrected chi connectivity index (χ0v) is 20.7. The van der Waals surface area contributed by atoms with E-state index >= 15 is 0 Å². The van der Waals surface area contributed by atoms with Gasteiger partial charge in [-0.15, -0.1) is 24.0 Å². The van der Waals surface area contributed by atoms with Gasteiger partial charge >= 0.3 is 0 Å². The van der Waals surface area contributed by atoms with Gasteiger partial charge in [-0.2, -0.15) is 0 Å². The second-order valence-electron chi connectivity index (χ2n) is 6.92. The van der Waals surface area contributed by atoms with E-state index in [1.807, 2.05) is 24.3 Å². The summed E-state index contributed by atoms with van der Waals surface area (Å²) in [6.45, 7) is 6.31. The van der Waals surface area contributed by atoms with Crippen molar-refractivity contribution in [3.63, 3.8) is 0 Å². The van der Waals surface area contributed by atoms with Crippen molar-refractivity contribution in [2.75, 3.05) is 65.4 Å². The number of benzene rings is 1. The molecular formula is C21H32IN7O2. The van der Waals surface area contributed by atoms with Crippen molar-refractivity contribution in [2.24, 2.45) is 4.99 Å². The number of hydrogen-bond donors (Lipinski definition) is 2. The topological polar surface area (TPSA) is 87.1 Å². The van der Waals surface area contributed by atoms with Crippen LogP contribution >= 0.6 is 24.0 Å². The van der Waals surface area contributed by atoms with Crippen LogP contribution in [0.4, 0.5) is 5.95 Å². The van der Waals surface area contributed by atoms with Gasteiger partial charge in [0, 0.05) is 65.3 Å². The molecule has 1 aliphatic heterocycles. The van der Waals surface area contributed by atoms with Crippen molar-refractivity contribution in [1.29, 1.82) is 0 Å². The molecule has 1 aromatic heterocycles. The van der Waals surface area contributed by atoms with Gasteiger partial charge in [0.25, 0.3) is 0 Å². The summed E-state index contributed by atoms with van der Waals surface area (Å²) < 4.78 is 10.6. The summed E-state index contributed by atoms with van der Waals surface area (Å²) in [6, 6.07) is 7.73. The molecule has 0 bridgehead atoms. The van der Waals surface area contributed by atoms with Crippen LogP contribution in [0.25, 0.3) is 0 Å². The van der Waals surface area contributed by atoms with Crippen molar-refractivity contribution in [3.05, 3.63) is 42.2 Å². The third-order valence-corrected chi connectivity index (χ3v) is 5.06. The van der Waals surface area contributed by atoms with Crippen molar-refractivity contribution in [1.82, 2.24) is 25.5 Å². The lowest BCUT2D eigenvalue weighted by molar-refractivity contribution is 0.260. The maximum Gasteiger partial charge on any atom is 0.225 e. The van der Waals surface area contributed by atoms with Gasteiger partial charge in [-0.25, -0.2) is 9.97 Å². The largest absolute Gasteiger partial charge is 0.493 e. The Kier molecular flexibility index (Phi) is 10.6. The SMILES string of the molecule is CN=C(NCCN1CCN(c2ncccn2)CC1)NCc1ccc(OC)c(OC)c1.I. The van der Waals surface area contributed by atoms with Gasteiger partial charge in [-0.05, 0) is 23.8 Å². The second kappa shape index (κ2) is 13.2. The number of guanidine groups is 1. The predicted octanol–water partition coefficient (Wildman–Crippen LogP) is 1.60. The van der Waals surface area contributed by atoms with Crippen LogP contribution in [0.2, 0.25) is 0 Å². The average molecular weight is 541 g/mol. The Bertz CT molecular complexity index is 815. The summed E-state index contributed by atoms with van der Waals surface area (Å²) in [4.78, 5) is 17.6. The van der Waals surface area contributed by atoms with Crippen LogP contribution in [0.5, 0.6) is 11.5 Å². The highest BCUT2D eigenvalue weighted by Gasteiger charge is 2.18. The molecule has 0 atom stereocenters. The molecule has 10 heteroatoms. The number of ether oxygens (including phenoxy) is 2.